The molecule has 0 bridgehead atoms. The summed E-state index contributed by atoms with van der Waals surface area (Å²) in [5.41, 5.74) is 1.81. The van der Waals surface area contributed by atoms with Crippen molar-refractivity contribution in [2.75, 3.05) is 0 Å². The molecule has 1 heterocycles. The molecule has 0 radical (unpaired) electrons. The first-order valence-corrected chi connectivity index (χ1v) is 5.00. The zero-order chi connectivity index (χ0) is 9.97. The molecule has 1 aromatic heterocycles. The van der Waals surface area contributed by atoms with Gasteiger partial charge < -0.3 is 5.11 Å². The summed E-state index contributed by atoms with van der Waals surface area (Å²) in [5.74, 6) is 0. The summed E-state index contributed by atoms with van der Waals surface area (Å²) < 4.78 is 2.67. The maximum absolute atomic E-state index is 9.08. The Morgan fingerprint density at radius 3 is 2.93 bits per heavy atom. The smallest absolute Gasteiger partial charge is 0.0693 e. The normalized spacial score (nSPS) is 10.4. The van der Waals surface area contributed by atoms with E-state index in [0.717, 1.165) is 15.7 Å². The van der Waals surface area contributed by atoms with E-state index in [-0.39, 0.29) is 6.61 Å². The molecule has 4 heteroatoms. The minimum atomic E-state index is 0.0235. The highest BCUT2D eigenvalue weighted by Gasteiger charge is 2.01. The minimum Gasteiger partial charge on any atom is -0.392 e. The van der Waals surface area contributed by atoms with Crippen LogP contribution in [0.2, 0.25) is 0 Å². The van der Waals surface area contributed by atoms with Crippen LogP contribution >= 0.6 is 15.9 Å². The van der Waals surface area contributed by atoms with Crippen LogP contribution in [0.1, 0.15) is 5.56 Å². The molecule has 0 amide bonds. The minimum absolute atomic E-state index is 0.0235. The van der Waals surface area contributed by atoms with E-state index >= 15 is 0 Å². The van der Waals surface area contributed by atoms with Gasteiger partial charge >= 0.3 is 0 Å². The van der Waals surface area contributed by atoms with E-state index in [9.17, 15) is 0 Å². The lowest BCUT2D eigenvalue weighted by Crippen LogP contribution is -1.96. The van der Waals surface area contributed by atoms with Gasteiger partial charge in [0.15, 0.2) is 0 Å². The predicted octanol–water partition coefficient (Wildman–Crippen LogP) is 2.13. The van der Waals surface area contributed by atoms with Crippen molar-refractivity contribution in [3.05, 3.63) is 46.7 Å². The Hall–Kier alpha value is -1.13. The molecule has 3 nitrogen and oxygen atoms in total. The molecular weight excluding hydrogens is 244 g/mol. The fraction of sp³-hybridized carbons (Fsp3) is 0.100. The standard InChI is InChI=1S/C10H9BrN2O/c11-10-3-2-9(6-8(10)7-14)13-5-1-4-12-13/h1-6,14H,7H2. The van der Waals surface area contributed by atoms with E-state index in [1.54, 1.807) is 10.9 Å². The molecular formula is C10H9BrN2O. The summed E-state index contributed by atoms with van der Waals surface area (Å²) in [6.07, 6.45) is 3.59. The van der Waals surface area contributed by atoms with Crippen molar-refractivity contribution in [2.45, 2.75) is 6.61 Å². The Kier molecular flexibility index (Phi) is 2.65. The highest BCUT2D eigenvalue weighted by atomic mass is 79.9. The topological polar surface area (TPSA) is 38.0 Å². The molecule has 0 aliphatic heterocycles. The Bertz CT molecular complexity index is 426. The molecule has 0 spiro atoms. The Morgan fingerprint density at radius 2 is 2.29 bits per heavy atom. The monoisotopic (exact) mass is 252 g/mol. The predicted molar refractivity (Wildman–Crippen MR) is 57.2 cm³/mol. The Labute approximate surface area is 90.1 Å². The zero-order valence-electron chi connectivity index (χ0n) is 7.39. The van der Waals surface area contributed by atoms with E-state index in [4.69, 9.17) is 5.11 Å². The zero-order valence-corrected chi connectivity index (χ0v) is 8.98. The van der Waals surface area contributed by atoms with Crippen molar-refractivity contribution in [3.63, 3.8) is 0 Å². The fourth-order valence-corrected chi connectivity index (χ4v) is 1.62. The SMILES string of the molecule is OCc1cc(-n2cccn2)ccc1Br. The molecule has 0 fully saturated rings. The summed E-state index contributed by atoms with van der Waals surface area (Å²) >= 11 is 3.36. The van der Waals surface area contributed by atoms with Crippen LogP contribution in [0.3, 0.4) is 0 Å². The van der Waals surface area contributed by atoms with Gasteiger partial charge in [0, 0.05) is 16.9 Å². The molecule has 72 valence electrons. The summed E-state index contributed by atoms with van der Waals surface area (Å²) in [6.45, 7) is 0.0235. The van der Waals surface area contributed by atoms with Crippen LogP contribution in [-0.4, -0.2) is 14.9 Å². The first-order valence-electron chi connectivity index (χ1n) is 4.20. The van der Waals surface area contributed by atoms with Crippen molar-refractivity contribution in [1.29, 1.82) is 0 Å². The van der Waals surface area contributed by atoms with E-state index in [2.05, 4.69) is 21.0 Å². The third-order valence-corrected chi connectivity index (χ3v) is 2.74. The van der Waals surface area contributed by atoms with Gasteiger partial charge in [-0.2, -0.15) is 5.10 Å². The van der Waals surface area contributed by atoms with Gasteiger partial charge in [-0.1, -0.05) is 15.9 Å². The van der Waals surface area contributed by atoms with Gasteiger partial charge in [-0.05, 0) is 29.8 Å². The van der Waals surface area contributed by atoms with E-state index in [1.807, 2.05) is 30.5 Å². The van der Waals surface area contributed by atoms with Gasteiger partial charge in [0.1, 0.15) is 0 Å². The van der Waals surface area contributed by atoms with Gasteiger partial charge in [0.25, 0.3) is 0 Å². The summed E-state index contributed by atoms with van der Waals surface area (Å²) in [5, 5.41) is 13.2. The molecule has 2 aromatic rings. The molecule has 0 saturated carbocycles. The summed E-state index contributed by atoms with van der Waals surface area (Å²) in [6, 6.07) is 7.61. The second-order valence-electron chi connectivity index (χ2n) is 2.88. The van der Waals surface area contributed by atoms with E-state index in [0.29, 0.717) is 0 Å². The number of benzene rings is 1. The molecule has 0 unspecified atom stereocenters. The van der Waals surface area contributed by atoms with Gasteiger partial charge in [0.05, 0.1) is 12.3 Å². The number of aliphatic hydroxyl groups excluding tert-OH is 1. The molecule has 0 aliphatic rings. The average Bonchev–Trinajstić information content (AvgIpc) is 2.71. The quantitative estimate of drug-likeness (QED) is 0.890. The third-order valence-electron chi connectivity index (χ3n) is 1.97. The molecule has 0 aliphatic carbocycles. The van der Waals surface area contributed by atoms with Crippen molar-refractivity contribution in [1.82, 2.24) is 9.78 Å². The van der Waals surface area contributed by atoms with Crippen LogP contribution in [0.5, 0.6) is 0 Å². The van der Waals surface area contributed by atoms with Crippen LogP contribution in [0, 0.1) is 0 Å². The van der Waals surface area contributed by atoms with Crippen LogP contribution in [-0.2, 0) is 6.61 Å². The van der Waals surface area contributed by atoms with Gasteiger partial charge in [-0.3, -0.25) is 0 Å². The average molecular weight is 253 g/mol. The highest BCUT2D eigenvalue weighted by molar-refractivity contribution is 9.10. The van der Waals surface area contributed by atoms with Gasteiger partial charge in [-0.25, -0.2) is 4.68 Å². The Morgan fingerprint density at radius 1 is 1.43 bits per heavy atom. The van der Waals surface area contributed by atoms with Crippen molar-refractivity contribution in [2.24, 2.45) is 0 Å². The van der Waals surface area contributed by atoms with Crippen LogP contribution in [0.25, 0.3) is 5.69 Å². The highest BCUT2D eigenvalue weighted by Crippen LogP contribution is 2.19. The number of rotatable bonds is 2. The van der Waals surface area contributed by atoms with Gasteiger partial charge in [-0.15, -0.1) is 0 Å². The third kappa shape index (κ3) is 1.71. The first-order chi connectivity index (χ1) is 6.81. The molecule has 0 saturated heterocycles. The lowest BCUT2D eigenvalue weighted by molar-refractivity contribution is 0.281. The second-order valence-corrected chi connectivity index (χ2v) is 3.74. The maximum Gasteiger partial charge on any atom is 0.0693 e. The molecule has 0 atom stereocenters. The molecule has 1 N–H and O–H groups in total. The molecule has 2 rings (SSSR count). The second kappa shape index (κ2) is 3.94. The number of nitrogens with zero attached hydrogens (tertiary/aromatic N) is 2. The fourth-order valence-electron chi connectivity index (χ4n) is 1.25. The lowest BCUT2D eigenvalue weighted by atomic mass is 10.2. The van der Waals surface area contributed by atoms with Crippen molar-refractivity contribution < 1.29 is 5.11 Å². The molecule has 14 heavy (non-hydrogen) atoms. The van der Waals surface area contributed by atoms with Crippen LogP contribution in [0.4, 0.5) is 0 Å². The summed E-state index contributed by atoms with van der Waals surface area (Å²) in [4.78, 5) is 0. The lowest BCUT2D eigenvalue weighted by Gasteiger charge is -2.05. The van der Waals surface area contributed by atoms with Crippen molar-refractivity contribution >= 4 is 15.9 Å². The number of halogens is 1. The molecule has 1 aromatic carbocycles. The maximum atomic E-state index is 9.08. The Balaban J connectivity index is 2.46. The van der Waals surface area contributed by atoms with Crippen LogP contribution in [0.15, 0.2) is 41.1 Å². The largest absolute Gasteiger partial charge is 0.392 e. The number of hydrogen-bond acceptors (Lipinski definition) is 2. The first kappa shape index (κ1) is 9.43. The number of hydrogen-bond donors (Lipinski definition) is 1. The number of aromatic nitrogens is 2. The summed E-state index contributed by atoms with van der Waals surface area (Å²) in [7, 11) is 0. The van der Waals surface area contributed by atoms with Crippen molar-refractivity contribution in [3.8, 4) is 5.69 Å². The van der Waals surface area contributed by atoms with Gasteiger partial charge in [0.2, 0.25) is 0 Å². The van der Waals surface area contributed by atoms with E-state index < -0.39 is 0 Å². The van der Waals surface area contributed by atoms with Crippen LogP contribution < -0.4 is 0 Å². The number of aliphatic hydroxyl groups is 1. The van der Waals surface area contributed by atoms with E-state index in [1.165, 1.54) is 0 Å².